The zero-order valence-electron chi connectivity index (χ0n) is 16.5. The lowest BCUT2D eigenvalue weighted by atomic mass is 9.97. The van der Waals surface area contributed by atoms with Gasteiger partial charge in [0, 0.05) is 23.6 Å². The summed E-state index contributed by atoms with van der Waals surface area (Å²) < 4.78 is 11.4. The van der Waals surface area contributed by atoms with Crippen molar-refractivity contribution >= 4 is 28.8 Å². The first-order valence-corrected chi connectivity index (χ1v) is 11.2. The van der Waals surface area contributed by atoms with Gasteiger partial charge in [0.2, 0.25) is 0 Å². The van der Waals surface area contributed by atoms with Gasteiger partial charge < -0.3 is 19.5 Å². The largest absolute Gasteiger partial charge is 0.507 e. The molecule has 2 fully saturated rings. The van der Waals surface area contributed by atoms with E-state index in [1.807, 2.05) is 29.6 Å². The minimum absolute atomic E-state index is 0.0772. The van der Waals surface area contributed by atoms with E-state index in [1.54, 1.807) is 11.0 Å². The molecule has 156 valence electrons. The van der Waals surface area contributed by atoms with E-state index in [2.05, 4.69) is 0 Å². The predicted octanol–water partition coefficient (Wildman–Crippen LogP) is 3.67. The third-order valence-corrected chi connectivity index (χ3v) is 6.88. The molecule has 2 aromatic rings. The Bertz CT molecular complexity index is 1010. The lowest BCUT2D eigenvalue weighted by molar-refractivity contribution is -0.140. The van der Waals surface area contributed by atoms with Crippen molar-refractivity contribution in [3.63, 3.8) is 0 Å². The number of benzene rings is 1. The number of hydrogen-bond acceptors (Lipinski definition) is 6. The van der Waals surface area contributed by atoms with Gasteiger partial charge in [-0.3, -0.25) is 9.59 Å². The van der Waals surface area contributed by atoms with Crippen LogP contribution in [0.25, 0.3) is 5.76 Å². The van der Waals surface area contributed by atoms with Gasteiger partial charge >= 0.3 is 0 Å². The number of nitrogens with zero attached hydrogens (tertiary/aromatic N) is 1. The highest BCUT2D eigenvalue weighted by Gasteiger charge is 2.47. The number of ether oxygens (including phenoxy) is 2. The number of Topliss-reactive ketones (excluding diaryl/α,β-unsaturated/α-hetero) is 1. The van der Waals surface area contributed by atoms with E-state index in [0.717, 1.165) is 41.9 Å². The van der Waals surface area contributed by atoms with E-state index in [4.69, 9.17) is 9.47 Å². The number of fused-ring (bicyclic) bond motifs is 1. The number of thiophene rings is 1. The SMILES string of the molecule is O=C1C(=O)N(CC2CCCO2)C(c2cccs2)/C1=C(/O)c1ccc2c(c1)CCCO2. The van der Waals surface area contributed by atoms with Gasteiger partial charge in [-0.15, -0.1) is 11.3 Å². The van der Waals surface area contributed by atoms with Crippen molar-refractivity contribution in [3.05, 3.63) is 57.3 Å². The molecular weight excluding hydrogens is 402 g/mol. The molecule has 0 aliphatic carbocycles. The molecule has 30 heavy (non-hydrogen) atoms. The summed E-state index contributed by atoms with van der Waals surface area (Å²) in [5.74, 6) is -0.536. The Labute approximate surface area is 178 Å². The maximum Gasteiger partial charge on any atom is 0.295 e. The zero-order valence-corrected chi connectivity index (χ0v) is 17.3. The van der Waals surface area contributed by atoms with Crippen LogP contribution < -0.4 is 4.74 Å². The van der Waals surface area contributed by atoms with Crippen molar-refractivity contribution in [1.29, 1.82) is 0 Å². The molecule has 6 nitrogen and oxygen atoms in total. The topological polar surface area (TPSA) is 76.1 Å². The predicted molar refractivity (Wildman–Crippen MR) is 113 cm³/mol. The van der Waals surface area contributed by atoms with Crippen molar-refractivity contribution in [1.82, 2.24) is 4.90 Å². The summed E-state index contributed by atoms with van der Waals surface area (Å²) in [6.45, 7) is 1.71. The molecule has 7 heteroatoms. The fourth-order valence-corrected chi connectivity index (χ4v) is 5.33. The van der Waals surface area contributed by atoms with Gasteiger partial charge in [-0.2, -0.15) is 0 Å². The standard InChI is InChI=1S/C23H23NO5S/c25-21(15-7-8-17-14(12-15)4-1-10-29-17)19-20(18-6-3-11-30-18)24(23(27)22(19)26)13-16-5-2-9-28-16/h3,6-8,11-12,16,20,25H,1-2,4-5,9-10,13H2/b21-19-. The molecule has 1 N–H and O–H groups in total. The van der Waals surface area contributed by atoms with Crippen molar-refractivity contribution in [3.8, 4) is 5.75 Å². The Kier molecular flexibility index (Phi) is 5.08. The molecule has 3 aliphatic rings. The normalized spacial score (nSPS) is 25.4. The second-order valence-corrected chi connectivity index (χ2v) is 8.86. The van der Waals surface area contributed by atoms with Crippen LogP contribution in [0.5, 0.6) is 5.75 Å². The quantitative estimate of drug-likeness (QED) is 0.460. The van der Waals surface area contributed by atoms with Crippen molar-refractivity contribution in [2.45, 2.75) is 37.8 Å². The number of likely N-dealkylation sites (tertiary alicyclic amines) is 1. The number of ketones is 1. The first kappa shape index (κ1) is 19.3. The smallest absolute Gasteiger partial charge is 0.295 e. The summed E-state index contributed by atoms with van der Waals surface area (Å²) in [6.07, 6.45) is 3.52. The van der Waals surface area contributed by atoms with Gasteiger partial charge in [0.15, 0.2) is 0 Å². The van der Waals surface area contributed by atoms with Crippen LogP contribution in [0.15, 0.2) is 41.3 Å². The lowest BCUT2D eigenvalue weighted by Gasteiger charge is -2.26. The maximum absolute atomic E-state index is 13.0. The molecule has 0 spiro atoms. The molecular formula is C23H23NO5S. The van der Waals surface area contributed by atoms with Gasteiger partial charge in [0.1, 0.15) is 11.5 Å². The van der Waals surface area contributed by atoms with Crippen molar-refractivity contribution in [2.24, 2.45) is 0 Å². The van der Waals surface area contributed by atoms with E-state index in [9.17, 15) is 14.7 Å². The molecule has 5 rings (SSSR count). The lowest BCUT2D eigenvalue weighted by Crippen LogP contribution is -2.36. The Morgan fingerprint density at radius 1 is 1.20 bits per heavy atom. The van der Waals surface area contributed by atoms with Gasteiger partial charge in [-0.1, -0.05) is 6.07 Å². The van der Waals surface area contributed by atoms with Gasteiger partial charge in [0.25, 0.3) is 11.7 Å². The van der Waals surface area contributed by atoms with Crippen LogP contribution >= 0.6 is 11.3 Å². The fourth-order valence-electron chi connectivity index (χ4n) is 4.48. The highest BCUT2D eigenvalue weighted by Crippen LogP contribution is 2.42. The number of carbonyl (C=O) groups excluding carboxylic acids is 2. The van der Waals surface area contributed by atoms with E-state index in [0.29, 0.717) is 25.3 Å². The monoisotopic (exact) mass is 425 g/mol. The molecule has 2 saturated heterocycles. The van der Waals surface area contributed by atoms with E-state index in [-0.39, 0.29) is 17.4 Å². The summed E-state index contributed by atoms with van der Waals surface area (Å²) in [5, 5.41) is 13.1. The Morgan fingerprint density at radius 2 is 2.10 bits per heavy atom. The molecule has 0 saturated carbocycles. The number of amides is 1. The highest BCUT2D eigenvalue weighted by molar-refractivity contribution is 7.10. The van der Waals surface area contributed by atoms with Crippen LogP contribution in [-0.4, -0.2) is 47.6 Å². The number of aryl methyl sites for hydroxylation is 1. The van der Waals surface area contributed by atoms with E-state index < -0.39 is 17.7 Å². The van der Waals surface area contributed by atoms with Crippen LogP contribution in [0, 0.1) is 0 Å². The molecule has 1 aromatic carbocycles. The maximum atomic E-state index is 13.0. The van der Waals surface area contributed by atoms with Crippen LogP contribution in [0.4, 0.5) is 0 Å². The van der Waals surface area contributed by atoms with Crippen LogP contribution in [0.1, 0.15) is 41.3 Å². The summed E-state index contributed by atoms with van der Waals surface area (Å²) in [5.41, 5.74) is 1.69. The Hall–Kier alpha value is -2.64. The summed E-state index contributed by atoms with van der Waals surface area (Å²) in [7, 11) is 0. The van der Waals surface area contributed by atoms with Gasteiger partial charge in [0.05, 0.1) is 24.3 Å². The average Bonchev–Trinajstić information content (AvgIpc) is 3.52. The van der Waals surface area contributed by atoms with Gasteiger partial charge in [-0.05, 0) is 60.9 Å². The number of aliphatic hydroxyl groups is 1. The molecule has 2 atom stereocenters. The molecule has 0 radical (unpaired) electrons. The number of rotatable bonds is 4. The van der Waals surface area contributed by atoms with E-state index >= 15 is 0 Å². The molecule has 0 bridgehead atoms. The second-order valence-electron chi connectivity index (χ2n) is 7.88. The van der Waals surface area contributed by atoms with Crippen LogP contribution in [-0.2, 0) is 20.7 Å². The van der Waals surface area contributed by atoms with Crippen LogP contribution in [0.2, 0.25) is 0 Å². The molecule has 3 aliphatic heterocycles. The molecule has 1 aromatic heterocycles. The van der Waals surface area contributed by atoms with Crippen molar-refractivity contribution < 1.29 is 24.2 Å². The van der Waals surface area contributed by atoms with E-state index in [1.165, 1.54) is 11.3 Å². The van der Waals surface area contributed by atoms with Crippen LogP contribution in [0.3, 0.4) is 0 Å². The minimum atomic E-state index is -0.641. The molecule has 4 heterocycles. The second kappa shape index (κ2) is 7.89. The summed E-state index contributed by atoms with van der Waals surface area (Å²) >= 11 is 1.47. The highest BCUT2D eigenvalue weighted by atomic mass is 32.1. The third kappa shape index (κ3) is 3.32. The van der Waals surface area contributed by atoms with Gasteiger partial charge in [-0.25, -0.2) is 0 Å². The Morgan fingerprint density at radius 3 is 2.87 bits per heavy atom. The average molecular weight is 426 g/mol. The van der Waals surface area contributed by atoms with Crippen molar-refractivity contribution in [2.75, 3.05) is 19.8 Å². The molecule has 2 unspecified atom stereocenters. The first-order chi connectivity index (χ1) is 14.6. The zero-order chi connectivity index (χ0) is 20.7. The summed E-state index contributed by atoms with van der Waals surface area (Å²) in [6, 6.07) is 8.63. The number of aliphatic hydroxyl groups excluding tert-OH is 1. The Balaban J connectivity index is 1.57. The first-order valence-electron chi connectivity index (χ1n) is 10.3. The number of hydrogen-bond donors (Lipinski definition) is 1. The fraction of sp³-hybridized carbons (Fsp3) is 0.391. The summed E-state index contributed by atoms with van der Waals surface area (Å²) in [4.78, 5) is 28.4. The molecule has 1 amide bonds. The minimum Gasteiger partial charge on any atom is -0.507 e. The third-order valence-electron chi connectivity index (χ3n) is 5.96. The number of carbonyl (C=O) groups is 2.